The fourth-order valence-electron chi connectivity index (χ4n) is 3.49. The summed E-state index contributed by atoms with van der Waals surface area (Å²) in [5.41, 5.74) is 5.52. The highest BCUT2D eigenvalue weighted by Crippen LogP contribution is 2.47. The van der Waals surface area contributed by atoms with Gasteiger partial charge in [0.2, 0.25) is 5.91 Å². The molecule has 1 aliphatic heterocycles. The van der Waals surface area contributed by atoms with E-state index in [9.17, 15) is 13.6 Å². The van der Waals surface area contributed by atoms with Crippen molar-refractivity contribution < 1.29 is 13.6 Å². The molecule has 1 aromatic carbocycles. The largest absolute Gasteiger partial charge is 0.328 e. The molecule has 3 atom stereocenters. The van der Waals surface area contributed by atoms with Gasteiger partial charge in [-0.25, -0.2) is 8.78 Å². The average molecular weight is 280 g/mol. The Kier molecular flexibility index (Phi) is 3.24. The Bertz CT molecular complexity index is 519. The number of alkyl halides is 1. The van der Waals surface area contributed by atoms with Crippen molar-refractivity contribution >= 4 is 11.6 Å². The summed E-state index contributed by atoms with van der Waals surface area (Å²) in [5.74, 6) is -0.571. The van der Waals surface area contributed by atoms with Gasteiger partial charge in [0.1, 0.15) is 12.0 Å². The second kappa shape index (κ2) is 4.81. The Morgan fingerprint density at radius 2 is 2.00 bits per heavy atom. The van der Waals surface area contributed by atoms with Crippen molar-refractivity contribution in [2.45, 2.75) is 37.9 Å². The van der Waals surface area contributed by atoms with Gasteiger partial charge in [-0.1, -0.05) is 6.42 Å². The third kappa shape index (κ3) is 2.00. The van der Waals surface area contributed by atoms with Crippen LogP contribution in [0, 0.1) is 11.2 Å². The fraction of sp³-hybridized carbons (Fsp3) is 0.533. The molecule has 1 aromatic rings. The summed E-state index contributed by atoms with van der Waals surface area (Å²) in [6.45, 7) is 0.0389. The number of amides is 1. The maximum Gasteiger partial charge on any atom is 0.236 e. The van der Waals surface area contributed by atoms with Crippen molar-refractivity contribution in [3.8, 4) is 0 Å². The number of hydrogen-bond acceptors (Lipinski definition) is 2. The molecule has 1 spiro atoms. The molecular weight excluding hydrogens is 262 g/mol. The Morgan fingerprint density at radius 3 is 2.65 bits per heavy atom. The minimum atomic E-state index is -1.20. The van der Waals surface area contributed by atoms with E-state index in [4.69, 9.17) is 5.73 Å². The van der Waals surface area contributed by atoms with E-state index in [0.29, 0.717) is 18.5 Å². The van der Waals surface area contributed by atoms with Crippen LogP contribution in [0.1, 0.15) is 25.7 Å². The zero-order valence-electron chi connectivity index (χ0n) is 11.2. The number of anilines is 1. The van der Waals surface area contributed by atoms with Crippen molar-refractivity contribution in [1.29, 1.82) is 0 Å². The van der Waals surface area contributed by atoms with Gasteiger partial charge in [-0.05, 0) is 43.5 Å². The van der Waals surface area contributed by atoms with Crippen LogP contribution in [0.3, 0.4) is 0 Å². The minimum absolute atomic E-state index is 0.0389. The summed E-state index contributed by atoms with van der Waals surface area (Å²) in [7, 11) is 0. The predicted octanol–water partition coefficient (Wildman–Crippen LogP) is 2.40. The molecule has 108 valence electrons. The van der Waals surface area contributed by atoms with E-state index in [1.807, 2.05) is 0 Å². The molecule has 20 heavy (non-hydrogen) atoms. The van der Waals surface area contributed by atoms with E-state index < -0.39 is 11.6 Å². The topological polar surface area (TPSA) is 46.3 Å². The van der Waals surface area contributed by atoms with Crippen LogP contribution in [0.4, 0.5) is 14.5 Å². The highest BCUT2D eigenvalue weighted by Gasteiger charge is 2.56. The molecule has 1 amide bonds. The summed E-state index contributed by atoms with van der Waals surface area (Å²) >= 11 is 0. The molecule has 1 saturated carbocycles. The monoisotopic (exact) mass is 280 g/mol. The molecule has 1 aliphatic carbocycles. The predicted molar refractivity (Wildman–Crippen MR) is 72.5 cm³/mol. The number of hydrogen-bond donors (Lipinski definition) is 1. The molecule has 2 N–H and O–H groups in total. The number of benzene rings is 1. The summed E-state index contributed by atoms with van der Waals surface area (Å²) < 4.78 is 27.5. The van der Waals surface area contributed by atoms with Crippen LogP contribution in [0.25, 0.3) is 0 Å². The van der Waals surface area contributed by atoms with Crippen molar-refractivity contribution in [3.63, 3.8) is 0 Å². The van der Waals surface area contributed by atoms with E-state index in [0.717, 1.165) is 12.8 Å². The Labute approximate surface area is 116 Å². The van der Waals surface area contributed by atoms with Gasteiger partial charge in [0, 0.05) is 11.7 Å². The zero-order chi connectivity index (χ0) is 14.3. The highest BCUT2D eigenvalue weighted by molar-refractivity contribution is 6.00. The van der Waals surface area contributed by atoms with E-state index in [1.54, 1.807) is 0 Å². The molecule has 5 heteroatoms. The number of nitrogens with two attached hydrogens (primary N) is 1. The van der Waals surface area contributed by atoms with Crippen LogP contribution in [0.5, 0.6) is 0 Å². The molecule has 2 aliphatic rings. The number of carbonyl (C=O) groups is 1. The molecular formula is C15H18F2N2O. The maximum absolute atomic E-state index is 14.5. The van der Waals surface area contributed by atoms with Crippen molar-refractivity contribution in [2.24, 2.45) is 11.1 Å². The van der Waals surface area contributed by atoms with E-state index in [-0.39, 0.29) is 24.3 Å². The van der Waals surface area contributed by atoms with E-state index >= 15 is 0 Å². The molecule has 2 fully saturated rings. The van der Waals surface area contributed by atoms with Crippen LogP contribution in [0.2, 0.25) is 0 Å². The number of nitrogens with zero attached hydrogens (tertiary/aromatic N) is 1. The van der Waals surface area contributed by atoms with Gasteiger partial charge in [0.25, 0.3) is 0 Å². The molecule has 0 aromatic heterocycles. The second-order valence-electron chi connectivity index (χ2n) is 5.87. The molecule has 1 heterocycles. The maximum atomic E-state index is 14.5. The van der Waals surface area contributed by atoms with Crippen LogP contribution >= 0.6 is 0 Å². The van der Waals surface area contributed by atoms with Crippen molar-refractivity contribution in [2.75, 3.05) is 11.4 Å². The highest BCUT2D eigenvalue weighted by atomic mass is 19.1. The summed E-state index contributed by atoms with van der Waals surface area (Å²) in [6, 6.07) is 5.49. The molecule has 3 unspecified atom stereocenters. The third-order valence-corrected chi connectivity index (χ3v) is 4.58. The Balaban J connectivity index is 1.90. The minimum Gasteiger partial charge on any atom is -0.328 e. The smallest absolute Gasteiger partial charge is 0.236 e. The third-order valence-electron chi connectivity index (χ3n) is 4.58. The Hall–Kier alpha value is -1.49. The lowest BCUT2D eigenvalue weighted by Gasteiger charge is -2.36. The van der Waals surface area contributed by atoms with E-state index in [1.165, 1.54) is 29.2 Å². The summed E-state index contributed by atoms with van der Waals surface area (Å²) in [6.07, 6.45) is 1.39. The molecule has 0 bridgehead atoms. The van der Waals surface area contributed by atoms with Gasteiger partial charge < -0.3 is 10.6 Å². The normalized spacial score (nSPS) is 34.0. The van der Waals surface area contributed by atoms with Gasteiger partial charge >= 0.3 is 0 Å². The van der Waals surface area contributed by atoms with Crippen LogP contribution in [-0.2, 0) is 4.79 Å². The van der Waals surface area contributed by atoms with Gasteiger partial charge in [-0.2, -0.15) is 0 Å². The molecule has 1 saturated heterocycles. The SMILES string of the molecule is NC1CCCC2(C1)C(=O)N(c1ccc(F)cc1)CC2F. The lowest BCUT2D eigenvalue weighted by molar-refractivity contribution is -0.129. The fourth-order valence-corrected chi connectivity index (χ4v) is 3.49. The summed E-state index contributed by atoms with van der Waals surface area (Å²) in [5, 5.41) is 0. The second-order valence-corrected chi connectivity index (χ2v) is 5.87. The standard InChI is InChI=1S/C15H18F2N2O/c16-10-3-5-12(6-4-10)19-9-13(17)15(14(19)20)7-1-2-11(18)8-15/h3-6,11,13H,1-2,7-9,18H2. The van der Waals surface area contributed by atoms with Crippen LogP contribution in [-0.4, -0.2) is 24.7 Å². The lowest BCUT2D eigenvalue weighted by atomic mass is 9.70. The molecule has 0 radical (unpaired) electrons. The first-order chi connectivity index (χ1) is 9.53. The Morgan fingerprint density at radius 1 is 1.30 bits per heavy atom. The lowest BCUT2D eigenvalue weighted by Crippen LogP contribution is -2.45. The molecule has 3 rings (SSSR count). The number of halogens is 2. The number of rotatable bonds is 1. The number of carbonyl (C=O) groups excluding carboxylic acids is 1. The average Bonchev–Trinajstić information content (AvgIpc) is 2.65. The first kappa shape index (κ1) is 13.5. The van der Waals surface area contributed by atoms with Crippen LogP contribution in [0.15, 0.2) is 24.3 Å². The van der Waals surface area contributed by atoms with Crippen molar-refractivity contribution in [1.82, 2.24) is 0 Å². The quantitative estimate of drug-likeness (QED) is 0.858. The van der Waals surface area contributed by atoms with Gasteiger partial charge in [0.15, 0.2) is 0 Å². The molecule has 3 nitrogen and oxygen atoms in total. The van der Waals surface area contributed by atoms with Gasteiger partial charge in [0.05, 0.1) is 12.0 Å². The van der Waals surface area contributed by atoms with E-state index in [2.05, 4.69) is 0 Å². The van der Waals surface area contributed by atoms with Crippen LogP contribution < -0.4 is 10.6 Å². The summed E-state index contributed by atoms with van der Waals surface area (Å²) in [4.78, 5) is 14.1. The zero-order valence-corrected chi connectivity index (χ0v) is 11.2. The van der Waals surface area contributed by atoms with Crippen molar-refractivity contribution in [3.05, 3.63) is 30.1 Å². The first-order valence-corrected chi connectivity index (χ1v) is 7.00. The van der Waals surface area contributed by atoms with Gasteiger partial charge in [-0.3, -0.25) is 4.79 Å². The van der Waals surface area contributed by atoms with Gasteiger partial charge in [-0.15, -0.1) is 0 Å². The first-order valence-electron chi connectivity index (χ1n) is 7.00.